The number of piperidine rings is 1. The highest BCUT2D eigenvalue weighted by atomic mass is 16.2. The highest BCUT2D eigenvalue weighted by molar-refractivity contribution is 5.81. The summed E-state index contributed by atoms with van der Waals surface area (Å²) in [5.41, 5.74) is 6.76. The largest absolute Gasteiger partial charge is 0.370 e. The Bertz CT molecular complexity index is 518. The van der Waals surface area contributed by atoms with Crippen molar-refractivity contribution in [1.82, 2.24) is 10.2 Å². The van der Waals surface area contributed by atoms with Crippen LogP contribution in [0.3, 0.4) is 0 Å². The number of aliphatic imine (C=N–C) groups is 1. The van der Waals surface area contributed by atoms with Crippen LogP contribution < -0.4 is 11.1 Å². The maximum Gasteiger partial charge on any atom is 0.226 e. The van der Waals surface area contributed by atoms with Crippen molar-refractivity contribution in [3.63, 3.8) is 0 Å². The van der Waals surface area contributed by atoms with Crippen molar-refractivity contribution >= 4 is 11.9 Å². The standard InChI is InChI=1S/C15H20N4O/c16-14-17-11-15(18-14)6-8-19(9-7-15)13(20)10-12-4-2-1-3-5-12/h1-5H,6-11H2,(H3,16,17,18). The lowest BCUT2D eigenvalue weighted by molar-refractivity contribution is -0.132. The molecule has 2 heterocycles. The first-order valence-corrected chi connectivity index (χ1v) is 7.07. The van der Waals surface area contributed by atoms with Crippen LogP contribution in [0.5, 0.6) is 0 Å². The smallest absolute Gasteiger partial charge is 0.226 e. The van der Waals surface area contributed by atoms with Crippen molar-refractivity contribution in [2.24, 2.45) is 10.7 Å². The summed E-state index contributed by atoms with van der Waals surface area (Å²) < 4.78 is 0. The number of hydrogen-bond acceptors (Lipinski definition) is 4. The third-order valence-corrected chi connectivity index (χ3v) is 4.22. The molecule has 106 valence electrons. The van der Waals surface area contributed by atoms with E-state index in [-0.39, 0.29) is 11.4 Å². The van der Waals surface area contributed by atoms with Crippen molar-refractivity contribution in [2.75, 3.05) is 19.6 Å². The van der Waals surface area contributed by atoms with Crippen LogP contribution in [0.4, 0.5) is 0 Å². The molecule has 0 radical (unpaired) electrons. The molecule has 0 aliphatic carbocycles. The van der Waals surface area contributed by atoms with Gasteiger partial charge in [-0.2, -0.15) is 0 Å². The number of carbonyl (C=O) groups is 1. The fraction of sp³-hybridized carbons (Fsp3) is 0.467. The Balaban J connectivity index is 1.55. The lowest BCUT2D eigenvalue weighted by Gasteiger charge is -2.39. The average molecular weight is 272 g/mol. The molecule has 0 saturated carbocycles. The molecule has 1 saturated heterocycles. The van der Waals surface area contributed by atoms with Gasteiger partial charge in [-0.05, 0) is 18.4 Å². The van der Waals surface area contributed by atoms with E-state index in [9.17, 15) is 4.79 Å². The lowest BCUT2D eigenvalue weighted by Crippen LogP contribution is -2.56. The van der Waals surface area contributed by atoms with Gasteiger partial charge >= 0.3 is 0 Å². The molecule has 2 aliphatic rings. The minimum atomic E-state index is -0.00634. The summed E-state index contributed by atoms with van der Waals surface area (Å²) in [7, 11) is 0. The summed E-state index contributed by atoms with van der Waals surface area (Å²) in [6, 6.07) is 9.90. The number of benzene rings is 1. The van der Waals surface area contributed by atoms with E-state index in [1.165, 1.54) is 0 Å². The first kappa shape index (κ1) is 13.0. The van der Waals surface area contributed by atoms with Crippen LogP contribution in [0.1, 0.15) is 18.4 Å². The van der Waals surface area contributed by atoms with Gasteiger partial charge in [0.15, 0.2) is 5.96 Å². The van der Waals surface area contributed by atoms with Gasteiger partial charge in [0, 0.05) is 13.1 Å². The second kappa shape index (κ2) is 5.15. The van der Waals surface area contributed by atoms with E-state index in [1.54, 1.807) is 0 Å². The summed E-state index contributed by atoms with van der Waals surface area (Å²) in [6.45, 7) is 2.29. The predicted octanol–water partition coefficient (Wildman–Crippen LogP) is 0.508. The van der Waals surface area contributed by atoms with Crippen molar-refractivity contribution in [1.29, 1.82) is 0 Å². The summed E-state index contributed by atoms with van der Waals surface area (Å²) >= 11 is 0. The topological polar surface area (TPSA) is 70.7 Å². The molecule has 0 unspecified atom stereocenters. The number of nitrogens with one attached hydrogen (secondary N) is 1. The zero-order chi connectivity index (χ0) is 14.0. The minimum Gasteiger partial charge on any atom is -0.370 e. The third-order valence-electron chi connectivity index (χ3n) is 4.22. The zero-order valence-corrected chi connectivity index (χ0v) is 11.5. The first-order chi connectivity index (χ1) is 9.67. The van der Waals surface area contributed by atoms with E-state index in [2.05, 4.69) is 10.3 Å². The van der Waals surface area contributed by atoms with E-state index in [0.29, 0.717) is 12.4 Å². The van der Waals surface area contributed by atoms with Crippen LogP contribution in [-0.2, 0) is 11.2 Å². The molecule has 20 heavy (non-hydrogen) atoms. The van der Waals surface area contributed by atoms with E-state index >= 15 is 0 Å². The van der Waals surface area contributed by atoms with Gasteiger partial charge in [-0.1, -0.05) is 30.3 Å². The highest BCUT2D eigenvalue weighted by Crippen LogP contribution is 2.25. The molecular formula is C15H20N4O. The molecule has 3 rings (SSSR count). The highest BCUT2D eigenvalue weighted by Gasteiger charge is 2.38. The number of rotatable bonds is 2. The average Bonchev–Trinajstić information content (AvgIpc) is 2.81. The molecule has 3 N–H and O–H groups in total. The van der Waals surface area contributed by atoms with Crippen molar-refractivity contribution in [3.05, 3.63) is 35.9 Å². The SMILES string of the molecule is NC1=NCC2(CCN(C(=O)Cc3ccccc3)CC2)N1. The number of carbonyl (C=O) groups excluding carboxylic acids is 1. The maximum absolute atomic E-state index is 12.3. The van der Waals surface area contributed by atoms with Crippen molar-refractivity contribution in [3.8, 4) is 0 Å². The predicted molar refractivity (Wildman–Crippen MR) is 78.3 cm³/mol. The molecule has 1 spiro atoms. The molecule has 0 aromatic heterocycles. The zero-order valence-electron chi connectivity index (χ0n) is 11.5. The summed E-state index contributed by atoms with van der Waals surface area (Å²) in [4.78, 5) is 18.5. The molecule has 0 bridgehead atoms. The number of hydrogen-bond donors (Lipinski definition) is 2. The Morgan fingerprint density at radius 3 is 2.60 bits per heavy atom. The van der Waals surface area contributed by atoms with Gasteiger partial charge in [-0.15, -0.1) is 0 Å². The molecule has 5 heteroatoms. The Morgan fingerprint density at radius 1 is 1.30 bits per heavy atom. The summed E-state index contributed by atoms with van der Waals surface area (Å²) in [5.74, 6) is 0.743. The molecule has 1 fully saturated rings. The van der Waals surface area contributed by atoms with Gasteiger partial charge in [0.1, 0.15) is 0 Å². The number of guanidine groups is 1. The van der Waals surface area contributed by atoms with Gasteiger partial charge in [0.2, 0.25) is 5.91 Å². The number of nitrogens with zero attached hydrogens (tertiary/aromatic N) is 2. The fourth-order valence-electron chi connectivity index (χ4n) is 2.94. The first-order valence-electron chi connectivity index (χ1n) is 7.07. The Kier molecular flexibility index (Phi) is 3.34. The number of nitrogens with two attached hydrogens (primary N) is 1. The molecule has 2 aliphatic heterocycles. The van der Waals surface area contributed by atoms with Crippen molar-refractivity contribution in [2.45, 2.75) is 24.8 Å². The van der Waals surface area contributed by atoms with Gasteiger partial charge in [-0.3, -0.25) is 9.79 Å². The second-order valence-electron chi connectivity index (χ2n) is 5.65. The summed E-state index contributed by atoms with van der Waals surface area (Å²) in [5, 5.41) is 3.27. The van der Waals surface area contributed by atoms with E-state index in [4.69, 9.17) is 5.73 Å². The van der Waals surface area contributed by atoms with Gasteiger partial charge in [-0.25, -0.2) is 0 Å². The monoisotopic (exact) mass is 272 g/mol. The molecule has 1 aromatic rings. The van der Waals surface area contributed by atoms with E-state index in [0.717, 1.165) is 38.0 Å². The Morgan fingerprint density at radius 2 is 2.00 bits per heavy atom. The molecule has 5 nitrogen and oxygen atoms in total. The second-order valence-corrected chi connectivity index (χ2v) is 5.65. The van der Waals surface area contributed by atoms with Crippen LogP contribution in [0, 0.1) is 0 Å². The molecule has 0 atom stereocenters. The van der Waals surface area contributed by atoms with Crippen LogP contribution in [0.2, 0.25) is 0 Å². The fourth-order valence-corrected chi connectivity index (χ4v) is 2.94. The molecule has 1 amide bonds. The van der Waals surface area contributed by atoms with E-state index in [1.807, 2.05) is 35.2 Å². The van der Waals surface area contributed by atoms with Gasteiger partial charge in [0.25, 0.3) is 0 Å². The quantitative estimate of drug-likeness (QED) is 0.824. The summed E-state index contributed by atoms with van der Waals surface area (Å²) in [6.07, 6.45) is 2.31. The third kappa shape index (κ3) is 2.61. The van der Waals surface area contributed by atoms with Crippen LogP contribution in [0.15, 0.2) is 35.3 Å². The lowest BCUT2D eigenvalue weighted by atomic mass is 9.88. The minimum absolute atomic E-state index is 0.00634. The normalized spacial score (nSPS) is 20.6. The Labute approximate surface area is 118 Å². The van der Waals surface area contributed by atoms with Crippen LogP contribution in [-0.4, -0.2) is 41.9 Å². The molecule has 1 aromatic carbocycles. The van der Waals surface area contributed by atoms with Crippen molar-refractivity contribution < 1.29 is 4.79 Å². The van der Waals surface area contributed by atoms with Crippen LogP contribution >= 0.6 is 0 Å². The Hall–Kier alpha value is -2.04. The van der Waals surface area contributed by atoms with Crippen LogP contribution in [0.25, 0.3) is 0 Å². The maximum atomic E-state index is 12.3. The number of likely N-dealkylation sites (tertiary alicyclic amines) is 1. The van der Waals surface area contributed by atoms with E-state index < -0.39 is 0 Å². The van der Waals surface area contributed by atoms with Gasteiger partial charge in [0.05, 0.1) is 18.5 Å². The molecular weight excluding hydrogens is 252 g/mol. The van der Waals surface area contributed by atoms with Gasteiger partial charge < -0.3 is 16.0 Å². The number of amides is 1.